The van der Waals surface area contributed by atoms with E-state index in [4.69, 9.17) is 14.6 Å². The summed E-state index contributed by atoms with van der Waals surface area (Å²) >= 11 is 1.18. The highest BCUT2D eigenvalue weighted by atomic mass is 32.1. The van der Waals surface area contributed by atoms with Gasteiger partial charge in [0.15, 0.2) is 5.06 Å². The predicted octanol–water partition coefficient (Wildman–Crippen LogP) is 6.94. The quantitative estimate of drug-likeness (QED) is 0.166. The molecule has 0 spiro atoms. The van der Waals surface area contributed by atoms with Crippen LogP contribution < -0.4 is 14.5 Å². The van der Waals surface area contributed by atoms with Crippen LogP contribution in [0.5, 0.6) is 5.06 Å². The molecular formula is C29H26F6N6O4S. The number of fused-ring (bicyclic) bond motifs is 2. The molecule has 46 heavy (non-hydrogen) atoms. The maximum absolute atomic E-state index is 13.7. The smallest absolute Gasteiger partial charge is 0.449 e. The van der Waals surface area contributed by atoms with E-state index in [0.29, 0.717) is 51.3 Å². The first-order valence-electron chi connectivity index (χ1n) is 14.0. The fourth-order valence-electron chi connectivity index (χ4n) is 5.80. The van der Waals surface area contributed by atoms with Crippen molar-refractivity contribution in [2.75, 3.05) is 16.3 Å². The second kappa shape index (κ2) is 12.1. The Hall–Kier alpha value is -4.38. The molecule has 0 fully saturated rings. The lowest BCUT2D eigenvalue weighted by atomic mass is 9.95. The third-order valence-corrected chi connectivity index (χ3v) is 8.72. The van der Waals surface area contributed by atoms with E-state index in [-0.39, 0.29) is 29.2 Å². The minimum Gasteiger partial charge on any atom is -0.449 e. The number of carbonyl (C=O) groups is 1. The van der Waals surface area contributed by atoms with Crippen LogP contribution in [0.3, 0.4) is 0 Å². The number of aromatic nitrogens is 4. The normalized spacial score (nSPS) is 16.6. The van der Waals surface area contributed by atoms with Crippen LogP contribution >= 0.6 is 11.3 Å². The molecule has 4 heterocycles. The Labute approximate surface area is 261 Å². The number of hydrogen-bond acceptors (Lipinski definition) is 9. The van der Waals surface area contributed by atoms with Gasteiger partial charge in [-0.1, -0.05) is 5.10 Å². The van der Waals surface area contributed by atoms with Crippen LogP contribution in [-0.2, 0) is 50.4 Å². The molecule has 0 radical (unpaired) electrons. The van der Waals surface area contributed by atoms with Gasteiger partial charge < -0.3 is 24.4 Å². The molecular weight excluding hydrogens is 642 g/mol. The summed E-state index contributed by atoms with van der Waals surface area (Å²) in [7, 11) is 1.51. The van der Waals surface area contributed by atoms with Gasteiger partial charge in [0.25, 0.3) is 5.95 Å². The van der Waals surface area contributed by atoms with Crippen molar-refractivity contribution in [3.05, 3.63) is 80.7 Å². The van der Waals surface area contributed by atoms with Gasteiger partial charge in [-0.05, 0) is 82.8 Å². The lowest BCUT2D eigenvalue weighted by molar-refractivity contribution is -0.143. The molecule has 10 nitrogen and oxygen atoms in total. The van der Waals surface area contributed by atoms with Crippen LogP contribution in [0.25, 0.3) is 0 Å². The molecule has 2 aliphatic rings. The minimum absolute atomic E-state index is 0.0448. The zero-order valence-electron chi connectivity index (χ0n) is 24.1. The Kier molecular flexibility index (Phi) is 8.30. The molecule has 0 aliphatic carbocycles. The third-order valence-electron chi connectivity index (χ3n) is 7.77. The topological polar surface area (TPSA) is 106 Å². The number of rotatable bonds is 7. The van der Waals surface area contributed by atoms with Crippen molar-refractivity contribution in [2.45, 2.75) is 57.5 Å². The minimum atomic E-state index is -5.00. The average molecular weight is 669 g/mol. The van der Waals surface area contributed by atoms with E-state index in [1.807, 2.05) is 12.1 Å². The number of tetrazole rings is 1. The first-order chi connectivity index (χ1) is 21.7. The maximum Gasteiger partial charge on any atom is 0.512 e. The molecule has 244 valence electrons. The number of aryl methyl sites for hydroxylation is 1. The van der Waals surface area contributed by atoms with Gasteiger partial charge in [0.2, 0.25) is 0 Å². The highest BCUT2D eigenvalue weighted by molar-refractivity contribution is 7.13. The molecule has 4 aromatic rings. The van der Waals surface area contributed by atoms with Gasteiger partial charge in [0, 0.05) is 23.7 Å². The summed E-state index contributed by atoms with van der Waals surface area (Å²) in [5.41, 5.74) is 0.423. The number of carboxylic acid groups (broad SMARTS) is 1. The lowest BCUT2D eigenvalue weighted by Gasteiger charge is -2.33. The van der Waals surface area contributed by atoms with E-state index in [1.54, 1.807) is 17.0 Å². The van der Waals surface area contributed by atoms with Crippen molar-refractivity contribution >= 4 is 29.1 Å². The Morgan fingerprint density at radius 3 is 2.39 bits per heavy atom. The molecule has 17 heteroatoms. The van der Waals surface area contributed by atoms with Gasteiger partial charge in [-0.15, -0.1) is 16.4 Å². The number of hydrogen-bond donors (Lipinski definition) is 1. The summed E-state index contributed by atoms with van der Waals surface area (Å²) in [6, 6.07) is 8.26. The molecule has 1 atom stereocenters. The number of alkyl halides is 6. The number of anilines is 2. The van der Waals surface area contributed by atoms with E-state index in [2.05, 4.69) is 20.3 Å². The Balaban J connectivity index is 1.43. The molecule has 6 rings (SSSR count). The Bertz CT molecular complexity index is 1720. The van der Waals surface area contributed by atoms with Crippen LogP contribution in [0.2, 0.25) is 0 Å². The number of ether oxygens (including phenoxy) is 2. The molecule has 0 saturated carbocycles. The van der Waals surface area contributed by atoms with Gasteiger partial charge in [-0.3, -0.25) is 0 Å². The maximum atomic E-state index is 13.7. The molecule has 2 aliphatic heterocycles. The second-order valence-corrected chi connectivity index (χ2v) is 12.1. The van der Waals surface area contributed by atoms with E-state index < -0.39 is 35.7 Å². The standard InChI is InChI=1S/C29H26F6N6O4S/c1-39-37-26(36-38-39)41(12-16-7-19(28(30,31)32)11-20(8-16)29(33,34)35)23-3-2-6-40(13-21-4-5-25(46-21)45-27(42)43)24-10-18-15-44-14-17(18)9-22(23)24/h4-5,7-11,23H,2-3,6,12-15H2,1H3,(H,42,43)/t23-/m0/s1. The molecule has 1 N–H and O–H groups in total. The van der Waals surface area contributed by atoms with Crippen molar-refractivity contribution in [2.24, 2.45) is 7.05 Å². The van der Waals surface area contributed by atoms with Crippen LogP contribution in [0.1, 0.15) is 57.1 Å². The second-order valence-electron chi connectivity index (χ2n) is 11.0. The van der Waals surface area contributed by atoms with E-state index in [0.717, 1.165) is 27.3 Å². The first kappa shape index (κ1) is 31.6. The van der Waals surface area contributed by atoms with Crippen molar-refractivity contribution in [3.63, 3.8) is 0 Å². The van der Waals surface area contributed by atoms with Gasteiger partial charge in [0.1, 0.15) is 0 Å². The number of benzene rings is 2. The fraction of sp³-hybridized carbons (Fsp3) is 0.379. The van der Waals surface area contributed by atoms with Crippen molar-refractivity contribution in [3.8, 4) is 5.06 Å². The summed E-state index contributed by atoms with van der Waals surface area (Å²) in [6.07, 6.45) is -10.4. The molecule has 0 unspecified atom stereocenters. The van der Waals surface area contributed by atoms with Crippen LogP contribution in [0.15, 0.2) is 42.5 Å². The molecule has 2 aromatic carbocycles. The zero-order chi connectivity index (χ0) is 32.8. The van der Waals surface area contributed by atoms with E-state index in [1.165, 1.54) is 23.2 Å². The van der Waals surface area contributed by atoms with Crippen LogP contribution in [0, 0.1) is 0 Å². The first-order valence-corrected chi connectivity index (χ1v) is 14.8. The summed E-state index contributed by atoms with van der Waals surface area (Å²) in [5.74, 6) is 0.0448. The number of thiophene rings is 1. The van der Waals surface area contributed by atoms with E-state index in [9.17, 15) is 31.1 Å². The number of halogens is 6. The summed E-state index contributed by atoms with van der Waals surface area (Å²) < 4.78 is 92.9. The van der Waals surface area contributed by atoms with Crippen LogP contribution in [-0.4, -0.2) is 38.0 Å². The third kappa shape index (κ3) is 6.74. The molecule has 0 amide bonds. The zero-order valence-corrected chi connectivity index (χ0v) is 24.9. The monoisotopic (exact) mass is 668 g/mol. The lowest BCUT2D eigenvalue weighted by Crippen LogP contribution is -2.30. The molecule has 0 saturated heterocycles. The SMILES string of the molecule is Cn1nnc(N(Cc2cc(C(F)(F)F)cc(C(F)(F)F)c2)[C@H]2CCCN(Cc3ccc(OC(=O)O)s3)c3cc4c(cc32)COC4)n1. The average Bonchev–Trinajstić information content (AvgIpc) is 3.70. The van der Waals surface area contributed by atoms with Gasteiger partial charge >= 0.3 is 18.5 Å². The predicted molar refractivity (Wildman–Crippen MR) is 152 cm³/mol. The Morgan fingerprint density at radius 1 is 1.07 bits per heavy atom. The van der Waals surface area contributed by atoms with E-state index >= 15 is 0 Å². The number of nitrogens with zero attached hydrogens (tertiary/aromatic N) is 6. The highest BCUT2D eigenvalue weighted by Gasteiger charge is 2.38. The highest BCUT2D eigenvalue weighted by Crippen LogP contribution is 2.43. The molecule has 0 bridgehead atoms. The van der Waals surface area contributed by atoms with Crippen molar-refractivity contribution in [1.29, 1.82) is 0 Å². The van der Waals surface area contributed by atoms with Crippen LogP contribution in [0.4, 0.5) is 42.8 Å². The largest absolute Gasteiger partial charge is 0.512 e. The van der Waals surface area contributed by atoms with Crippen molar-refractivity contribution in [1.82, 2.24) is 20.2 Å². The van der Waals surface area contributed by atoms with Gasteiger partial charge in [-0.2, -0.15) is 31.1 Å². The molecule has 2 aromatic heterocycles. The summed E-state index contributed by atoms with van der Waals surface area (Å²) in [5, 5.41) is 21.5. The van der Waals surface area contributed by atoms with Gasteiger partial charge in [0.05, 0.1) is 44.0 Å². The summed E-state index contributed by atoms with van der Waals surface area (Å²) in [6.45, 7) is 1.33. The van der Waals surface area contributed by atoms with Gasteiger partial charge in [-0.25, -0.2) is 4.79 Å². The Morgan fingerprint density at radius 2 is 1.76 bits per heavy atom. The summed E-state index contributed by atoms with van der Waals surface area (Å²) in [4.78, 5) is 16.7. The fourth-order valence-corrected chi connectivity index (χ4v) is 6.67. The van der Waals surface area contributed by atoms with Crippen molar-refractivity contribution < 1.29 is 45.7 Å².